The van der Waals surface area contributed by atoms with E-state index in [1.807, 2.05) is 13.8 Å². The number of anilines is 1. The van der Waals surface area contributed by atoms with Crippen molar-refractivity contribution in [2.45, 2.75) is 37.6 Å². The fraction of sp³-hybridized carbons (Fsp3) is 0.538. The Hall–Kier alpha value is -1.11. The molecule has 0 atom stereocenters. The molecule has 1 fully saturated rings. The summed E-state index contributed by atoms with van der Waals surface area (Å²) in [5.74, 6) is 0. The van der Waals surface area contributed by atoms with Crippen molar-refractivity contribution >= 4 is 15.7 Å². The van der Waals surface area contributed by atoms with E-state index in [0.717, 1.165) is 11.1 Å². The summed E-state index contributed by atoms with van der Waals surface area (Å²) < 4.78 is 32.6. The summed E-state index contributed by atoms with van der Waals surface area (Å²) >= 11 is 0. The number of ether oxygens (including phenoxy) is 1. The number of aryl methyl sites for hydroxylation is 1. The predicted molar refractivity (Wildman–Crippen MR) is 74.5 cm³/mol. The zero-order valence-electron chi connectivity index (χ0n) is 11.3. The fourth-order valence-corrected chi connectivity index (χ4v) is 3.54. The molecule has 0 saturated carbocycles. The third-order valence-corrected chi connectivity index (χ3v) is 5.03. The minimum Gasteiger partial charge on any atom is -0.398 e. The van der Waals surface area contributed by atoms with Crippen LogP contribution in [0.1, 0.15) is 24.0 Å². The van der Waals surface area contributed by atoms with Gasteiger partial charge in [0.25, 0.3) is 0 Å². The van der Waals surface area contributed by atoms with Crippen molar-refractivity contribution in [2.24, 2.45) is 0 Å². The molecule has 106 valence electrons. The molecule has 6 heteroatoms. The Kier molecular flexibility index (Phi) is 4.13. The van der Waals surface area contributed by atoms with E-state index in [9.17, 15) is 8.42 Å². The van der Waals surface area contributed by atoms with Crippen molar-refractivity contribution < 1.29 is 13.2 Å². The van der Waals surface area contributed by atoms with E-state index in [4.69, 9.17) is 10.5 Å². The first-order valence-corrected chi connectivity index (χ1v) is 7.85. The van der Waals surface area contributed by atoms with Crippen molar-refractivity contribution in [1.82, 2.24) is 4.72 Å². The van der Waals surface area contributed by atoms with Gasteiger partial charge in [0.2, 0.25) is 10.0 Å². The zero-order valence-corrected chi connectivity index (χ0v) is 12.1. The molecular weight excluding hydrogens is 264 g/mol. The van der Waals surface area contributed by atoms with Crippen LogP contribution in [0, 0.1) is 13.8 Å². The van der Waals surface area contributed by atoms with Gasteiger partial charge in [-0.2, -0.15) is 0 Å². The standard InChI is InChI=1S/C13H20N2O3S/c1-9-7-12(8-13(14)10(9)2)19(16,17)15-11-3-5-18-6-4-11/h7-8,11,15H,3-6,14H2,1-2H3. The van der Waals surface area contributed by atoms with Crippen LogP contribution in [-0.4, -0.2) is 27.7 Å². The number of hydrogen-bond acceptors (Lipinski definition) is 4. The van der Waals surface area contributed by atoms with Crippen LogP contribution in [0.25, 0.3) is 0 Å². The molecule has 1 aromatic rings. The van der Waals surface area contributed by atoms with Gasteiger partial charge in [-0.05, 0) is 49.9 Å². The van der Waals surface area contributed by atoms with E-state index in [2.05, 4.69) is 4.72 Å². The lowest BCUT2D eigenvalue weighted by atomic mass is 10.1. The largest absolute Gasteiger partial charge is 0.398 e. The van der Waals surface area contributed by atoms with E-state index < -0.39 is 10.0 Å². The molecule has 0 aromatic heterocycles. The minimum absolute atomic E-state index is 0.0541. The highest BCUT2D eigenvalue weighted by molar-refractivity contribution is 7.89. The van der Waals surface area contributed by atoms with E-state index in [-0.39, 0.29) is 10.9 Å². The van der Waals surface area contributed by atoms with Crippen molar-refractivity contribution in [3.8, 4) is 0 Å². The number of rotatable bonds is 3. The van der Waals surface area contributed by atoms with Gasteiger partial charge >= 0.3 is 0 Å². The maximum Gasteiger partial charge on any atom is 0.240 e. The molecule has 0 radical (unpaired) electrons. The van der Waals surface area contributed by atoms with Crippen molar-refractivity contribution in [3.63, 3.8) is 0 Å². The highest BCUT2D eigenvalue weighted by Crippen LogP contribution is 2.22. The number of nitrogens with one attached hydrogen (secondary N) is 1. The summed E-state index contributed by atoms with van der Waals surface area (Å²) in [4.78, 5) is 0.236. The quantitative estimate of drug-likeness (QED) is 0.821. The first kappa shape index (κ1) is 14.3. The maximum absolute atomic E-state index is 12.3. The predicted octanol–water partition coefficient (Wildman–Crippen LogP) is 1.34. The van der Waals surface area contributed by atoms with Crippen LogP contribution >= 0.6 is 0 Å². The van der Waals surface area contributed by atoms with E-state index >= 15 is 0 Å². The van der Waals surface area contributed by atoms with Gasteiger partial charge in [0.1, 0.15) is 0 Å². The summed E-state index contributed by atoms with van der Waals surface area (Å²) in [6.45, 7) is 4.94. The number of benzene rings is 1. The number of hydrogen-bond donors (Lipinski definition) is 2. The molecule has 0 unspecified atom stereocenters. The van der Waals surface area contributed by atoms with Crippen LogP contribution in [0.5, 0.6) is 0 Å². The molecule has 0 aliphatic carbocycles. The number of nitrogen functional groups attached to an aromatic ring is 1. The molecule has 2 rings (SSSR count). The molecule has 1 aromatic carbocycles. The summed E-state index contributed by atoms with van der Waals surface area (Å²) in [5, 5.41) is 0. The second-order valence-electron chi connectivity index (χ2n) is 4.96. The Bertz CT molecular complexity index is 540. The molecule has 1 aliphatic rings. The second-order valence-corrected chi connectivity index (χ2v) is 6.68. The maximum atomic E-state index is 12.3. The molecule has 1 saturated heterocycles. The van der Waals surface area contributed by atoms with E-state index in [1.165, 1.54) is 6.07 Å². The Morgan fingerprint density at radius 3 is 2.47 bits per heavy atom. The van der Waals surface area contributed by atoms with E-state index in [1.54, 1.807) is 6.07 Å². The molecular formula is C13H20N2O3S. The summed E-state index contributed by atoms with van der Waals surface area (Å²) in [6.07, 6.45) is 1.42. The molecule has 1 aliphatic heterocycles. The van der Waals surface area contributed by atoms with Crippen molar-refractivity contribution in [1.29, 1.82) is 0 Å². The van der Waals surface area contributed by atoms with Crippen LogP contribution in [0.15, 0.2) is 17.0 Å². The highest BCUT2D eigenvalue weighted by Gasteiger charge is 2.22. The smallest absolute Gasteiger partial charge is 0.240 e. The Balaban J connectivity index is 2.24. The molecule has 5 nitrogen and oxygen atoms in total. The summed E-state index contributed by atoms with van der Waals surface area (Å²) in [6, 6.07) is 3.12. The van der Waals surface area contributed by atoms with Gasteiger partial charge in [0.05, 0.1) is 4.90 Å². The fourth-order valence-electron chi connectivity index (χ4n) is 2.11. The van der Waals surface area contributed by atoms with Gasteiger partial charge < -0.3 is 10.5 Å². The summed E-state index contributed by atoms with van der Waals surface area (Å²) in [5.41, 5.74) is 8.15. The SMILES string of the molecule is Cc1cc(S(=O)(=O)NC2CCOCC2)cc(N)c1C. The summed E-state index contributed by atoms with van der Waals surface area (Å²) in [7, 11) is -3.51. The van der Waals surface area contributed by atoms with Gasteiger partial charge in [0, 0.05) is 24.9 Å². The molecule has 1 heterocycles. The molecule has 0 amide bonds. The van der Waals surface area contributed by atoms with Gasteiger partial charge in [-0.25, -0.2) is 13.1 Å². The molecule has 3 N–H and O–H groups in total. The highest BCUT2D eigenvalue weighted by atomic mass is 32.2. The van der Waals surface area contributed by atoms with Crippen LogP contribution in [0.3, 0.4) is 0 Å². The number of nitrogens with two attached hydrogens (primary N) is 1. The van der Waals surface area contributed by atoms with Crippen LogP contribution in [-0.2, 0) is 14.8 Å². The van der Waals surface area contributed by atoms with Gasteiger partial charge in [-0.3, -0.25) is 0 Å². The average Bonchev–Trinajstić information content (AvgIpc) is 2.36. The second kappa shape index (κ2) is 5.48. The average molecular weight is 284 g/mol. The minimum atomic E-state index is -3.51. The number of sulfonamides is 1. The third kappa shape index (κ3) is 3.26. The Morgan fingerprint density at radius 2 is 1.89 bits per heavy atom. The topological polar surface area (TPSA) is 81.4 Å². The van der Waals surface area contributed by atoms with Gasteiger partial charge in [-0.15, -0.1) is 0 Å². The normalized spacial score (nSPS) is 17.6. The lowest BCUT2D eigenvalue weighted by Crippen LogP contribution is -2.38. The zero-order chi connectivity index (χ0) is 14.0. The first-order valence-electron chi connectivity index (χ1n) is 6.37. The van der Waals surface area contributed by atoms with Crippen molar-refractivity contribution in [3.05, 3.63) is 23.3 Å². The van der Waals surface area contributed by atoms with Crippen LogP contribution < -0.4 is 10.5 Å². The Morgan fingerprint density at radius 1 is 1.26 bits per heavy atom. The van der Waals surface area contributed by atoms with Gasteiger partial charge in [0.15, 0.2) is 0 Å². The van der Waals surface area contributed by atoms with Crippen LogP contribution in [0.2, 0.25) is 0 Å². The van der Waals surface area contributed by atoms with E-state index in [0.29, 0.717) is 31.7 Å². The van der Waals surface area contributed by atoms with Crippen LogP contribution in [0.4, 0.5) is 5.69 Å². The molecule has 0 bridgehead atoms. The monoisotopic (exact) mass is 284 g/mol. The lowest BCUT2D eigenvalue weighted by Gasteiger charge is -2.23. The third-order valence-electron chi connectivity index (χ3n) is 3.53. The Labute approximate surface area is 114 Å². The molecule has 0 spiro atoms. The lowest BCUT2D eigenvalue weighted by molar-refractivity contribution is 0.0832. The van der Waals surface area contributed by atoms with Crippen molar-refractivity contribution in [2.75, 3.05) is 18.9 Å². The first-order chi connectivity index (χ1) is 8.90. The molecule has 19 heavy (non-hydrogen) atoms. The van der Waals surface area contributed by atoms with Gasteiger partial charge in [-0.1, -0.05) is 0 Å².